The van der Waals surface area contributed by atoms with Crippen LogP contribution in [0.3, 0.4) is 0 Å². The van der Waals surface area contributed by atoms with E-state index in [4.69, 9.17) is 0 Å². The lowest BCUT2D eigenvalue weighted by Gasteiger charge is -2.00. The molecule has 0 radical (unpaired) electrons. The molecule has 3 aromatic rings. The molecular formula is C11H7BrN2. The molecule has 0 spiro atoms. The topological polar surface area (TPSA) is 17.3 Å². The van der Waals surface area contributed by atoms with Crippen molar-refractivity contribution in [1.82, 2.24) is 9.38 Å². The fourth-order valence-electron chi connectivity index (χ4n) is 1.67. The van der Waals surface area contributed by atoms with E-state index in [0.717, 1.165) is 21.0 Å². The van der Waals surface area contributed by atoms with Gasteiger partial charge in [-0.05, 0) is 34.1 Å². The maximum Gasteiger partial charge on any atom is 0.0870 e. The van der Waals surface area contributed by atoms with E-state index in [1.807, 2.05) is 24.4 Å². The lowest BCUT2D eigenvalue weighted by molar-refractivity contribution is 1.22. The molecule has 3 heteroatoms. The van der Waals surface area contributed by atoms with Crippen LogP contribution in [0, 0.1) is 0 Å². The van der Waals surface area contributed by atoms with Crippen LogP contribution in [-0.4, -0.2) is 9.38 Å². The van der Waals surface area contributed by atoms with E-state index in [1.165, 1.54) is 0 Å². The lowest BCUT2D eigenvalue weighted by Crippen LogP contribution is -1.87. The summed E-state index contributed by atoms with van der Waals surface area (Å²) in [6, 6.07) is 10.2. The monoisotopic (exact) mass is 246 g/mol. The Morgan fingerprint density at radius 1 is 1.21 bits per heavy atom. The second-order valence-corrected chi connectivity index (χ2v) is 4.12. The van der Waals surface area contributed by atoms with Gasteiger partial charge >= 0.3 is 0 Å². The summed E-state index contributed by atoms with van der Waals surface area (Å²) in [4.78, 5) is 4.38. The Balaban J connectivity index is 2.60. The third-order valence-electron chi connectivity index (χ3n) is 2.29. The molecule has 0 unspecified atom stereocenters. The number of nitrogens with zero attached hydrogens (tertiary/aromatic N) is 2. The molecule has 0 aliphatic carbocycles. The van der Waals surface area contributed by atoms with Crippen LogP contribution in [-0.2, 0) is 0 Å². The SMILES string of the molecule is Brc1cc2cnc3ccccc3n2c1. The molecule has 0 amide bonds. The normalized spacial score (nSPS) is 11.2. The average molecular weight is 247 g/mol. The summed E-state index contributed by atoms with van der Waals surface area (Å²) in [5, 5.41) is 0. The highest BCUT2D eigenvalue weighted by atomic mass is 79.9. The van der Waals surface area contributed by atoms with Crippen molar-refractivity contribution in [2.24, 2.45) is 0 Å². The molecule has 0 atom stereocenters. The summed E-state index contributed by atoms with van der Waals surface area (Å²) >= 11 is 3.46. The minimum absolute atomic E-state index is 1.02. The predicted octanol–water partition coefficient (Wildman–Crippen LogP) is 3.25. The minimum Gasteiger partial charge on any atom is -0.312 e. The predicted molar refractivity (Wildman–Crippen MR) is 60.4 cm³/mol. The zero-order valence-corrected chi connectivity index (χ0v) is 8.90. The maximum atomic E-state index is 4.38. The van der Waals surface area contributed by atoms with Crippen LogP contribution in [0.25, 0.3) is 16.6 Å². The van der Waals surface area contributed by atoms with E-state index in [9.17, 15) is 0 Å². The lowest BCUT2D eigenvalue weighted by atomic mass is 10.3. The van der Waals surface area contributed by atoms with E-state index >= 15 is 0 Å². The van der Waals surface area contributed by atoms with Crippen LogP contribution in [0.1, 0.15) is 0 Å². The van der Waals surface area contributed by atoms with Gasteiger partial charge in [0.15, 0.2) is 0 Å². The smallest absolute Gasteiger partial charge is 0.0870 e. The molecule has 3 rings (SSSR count). The molecule has 68 valence electrons. The Labute approximate surface area is 89.3 Å². The highest BCUT2D eigenvalue weighted by molar-refractivity contribution is 9.10. The Hall–Kier alpha value is -1.35. The van der Waals surface area contributed by atoms with Gasteiger partial charge in [0.25, 0.3) is 0 Å². The Morgan fingerprint density at radius 3 is 3.00 bits per heavy atom. The third-order valence-corrected chi connectivity index (χ3v) is 2.73. The van der Waals surface area contributed by atoms with Crippen LogP contribution in [0.4, 0.5) is 0 Å². The molecule has 0 saturated heterocycles. The van der Waals surface area contributed by atoms with Crippen molar-refractivity contribution in [3.63, 3.8) is 0 Å². The van der Waals surface area contributed by atoms with Gasteiger partial charge in [0, 0.05) is 10.7 Å². The van der Waals surface area contributed by atoms with Crippen molar-refractivity contribution in [2.45, 2.75) is 0 Å². The second-order valence-electron chi connectivity index (χ2n) is 3.20. The molecule has 0 fully saturated rings. The molecular weight excluding hydrogens is 240 g/mol. The Kier molecular flexibility index (Phi) is 1.61. The van der Waals surface area contributed by atoms with E-state index < -0.39 is 0 Å². The van der Waals surface area contributed by atoms with E-state index in [0.29, 0.717) is 0 Å². The molecule has 1 aromatic carbocycles. The zero-order valence-electron chi connectivity index (χ0n) is 7.31. The number of hydrogen-bond donors (Lipinski definition) is 0. The van der Waals surface area contributed by atoms with Gasteiger partial charge in [-0.2, -0.15) is 0 Å². The summed E-state index contributed by atoms with van der Waals surface area (Å²) in [6.45, 7) is 0. The molecule has 0 bridgehead atoms. The van der Waals surface area contributed by atoms with Crippen LogP contribution in [0.2, 0.25) is 0 Å². The van der Waals surface area contributed by atoms with Gasteiger partial charge in [0.2, 0.25) is 0 Å². The van der Waals surface area contributed by atoms with Crippen LogP contribution >= 0.6 is 15.9 Å². The van der Waals surface area contributed by atoms with Crippen LogP contribution in [0.5, 0.6) is 0 Å². The van der Waals surface area contributed by atoms with Gasteiger partial charge in [0.05, 0.1) is 22.7 Å². The van der Waals surface area contributed by atoms with Crippen molar-refractivity contribution in [1.29, 1.82) is 0 Å². The van der Waals surface area contributed by atoms with Crippen molar-refractivity contribution < 1.29 is 0 Å². The number of halogens is 1. The molecule has 2 aromatic heterocycles. The van der Waals surface area contributed by atoms with Gasteiger partial charge in [0.1, 0.15) is 0 Å². The van der Waals surface area contributed by atoms with Gasteiger partial charge in [-0.25, -0.2) is 0 Å². The van der Waals surface area contributed by atoms with Crippen molar-refractivity contribution in [2.75, 3.05) is 0 Å². The highest BCUT2D eigenvalue weighted by Crippen LogP contribution is 2.19. The largest absolute Gasteiger partial charge is 0.312 e. The summed E-state index contributed by atoms with van der Waals surface area (Å²) in [6.07, 6.45) is 3.94. The minimum atomic E-state index is 1.02. The number of aromatic nitrogens is 2. The number of benzene rings is 1. The van der Waals surface area contributed by atoms with Crippen LogP contribution in [0.15, 0.2) is 47.2 Å². The molecule has 14 heavy (non-hydrogen) atoms. The first-order valence-corrected chi connectivity index (χ1v) is 5.15. The fourth-order valence-corrected chi connectivity index (χ4v) is 2.11. The van der Waals surface area contributed by atoms with Crippen molar-refractivity contribution in [3.05, 3.63) is 47.2 Å². The molecule has 0 aliphatic heterocycles. The van der Waals surface area contributed by atoms with Gasteiger partial charge in [-0.1, -0.05) is 12.1 Å². The third kappa shape index (κ3) is 1.06. The van der Waals surface area contributed by atoms with Crippen molar-refractivity contribution >= 4 is 32.5 Å². The fraction of sp³-hybridized carbons (Fsp3) is 0. The first-order valence-electron chi connectivity index (χ1n) is 4.36. The molecule has 2 heterocycles. The first kappa shape index (κ1) is 8.00. The summed E-state index contributed by atoms with van der Waals surface area (Å²) in [7, 11) is 0. The summed E-state index contributed by atoms with van der Waals surface area (Å²) in [5.74, 6) is 0. The average Bonchev–Trinajstić information content (AvgIpc) is 2.59. The summed E-state index contributed by atoms with van der Waals surface area (Å²) < 4.78 is 3.21. The summed E-state index contributed by atoms with van der Waals surface area (Å²) in [5.41, 5.74) is 3.26. The Morgan fingerprint density at radius 2 is 2.07 bits per heavy atom. The highest BCUT2D eigenvalue weighted by Gasteiger charge is 2.01. The number of hydrogen-bond acceptors (Lipinski definition) is 1. The van der Waals surface area contributed by atoms with Gasteiger partial charge in [-0.15, -0.1) is 0 Å². The molecule has 0 aliphatic rings. The molecule has 0 N–H and O–H groups in total. The maximum absolute atomic E-state index is 4.38. The van der Waals surface area contributed by atoms with Gasteiger partial charge in [-0.3, -0.25) is 4.98 Å². The molecule has 0 saturated carbocycles. The van der Waals surface area contributed by atoms with Crippen LogP contribution < -0.4 is 0 Å². The number of para-hydroxylation sites is 2. The zero-order chi connectivity index (χ0) is 9.54. The number of fused-ring (bicyclic) bond motifs is 3. The van der Waals surface area contributed by atoms with E-state index in [2.05, 4.69) is 43.6 Å². The van der Waals surface area contributed by atoms with E-state index in [-0.39, 0.29) is 0 Å². The quantitative estimate of drug-likeness (QED) is 0.596. The van der Waals surface area contributed by atoms with Gasteiger partial charge < -0.3 is 4.40 Å². The first-order chi connectivity index (χ1) is 6.84. The standard InChI is InChI=1S/C11H7BrN2/c12-8-5-9-6-13-10-3-1-2-4-11(10)14(9)7-8/h1-7H. The molecule has 2 nitrogen and oxygen atoms in total. The van der Waals surface area contributed by atoms with E-state index in [1.54, 1.807) is 0 Å². The Bertz CT molecular complexity index is 613. The second kappa shape index (κ2) is 2.82. The van der Waals surface area contributed by atoms with Crippen molar-refractivity contribution in [3.8, 4) is 0 Å². The number of rotatable bonds is 0.